The minimum Gasteiger partial charge on any atom is -0.507 e. The lowest BCUT2D eigenvalue weighted by atomic mass is 9.76. The molecule has 0 atom stereocenters. The van der Waals surface area contributed by atoms with Crippen LogP contribution in [0.1, 0.15) is 69.4 Å². The highest BCUT2D eigenvalue weighted by Crippen LogP contribution is 2.44. The van der Waals surface area contributed by atoms with Crippen LogP contribution in [-0.2, 0) is 17.3 Å². The van der Waals surface area contributed by atoms with Crippen LogP contribution in [0.3, 0.4) is 0 Å². The van der Waals surface area contributed by atoms with Gasteiger partial charge in [0.2, 0.25) is 0 Å². The van der Waals surface area contributed by atoms with Crippen LogP contribution < -0.4 is 0 Å². The summed E-state index contributed by atoms with van der Waals surface area (Å²) in [7, 11) is 0. The molecule has 0 aromatic heterocycles. The highest BCUT2D eigenvalue weighted by atomic mass is 32.1. The molecule has 2 heteroatoms. The van der Waals surface area contributed by atoms with Gasteiger partial charge in [-0.1, -0.05) is 71.4 Å². The van der Waals surface area contributed by atoms with E-state index in [9.17, 15) is 5.11 Å². The van der Waals surface area contributed by atoms with Gasteiger partial charge in [0.05, 0.1) is 0 Å². The summed E-state index contributed by atoms with van der Waals surface area (Å²) in [6.07, 6.45) is 0.781. The van der Waals surface area contributed by atoms with Gasteiger partial charge in [-0.3, -0.25) is 0 Å². The first-order valence-corrected chi connectivity index (χ1v) is 9.00. The maximum atomic E-state index is 11.1. The molecule has 0 spiro atoms. The Labute approximate surface area is 152 Å². The number of phenols is 1. The van der Waals surface area contributed by atoms with Gasteiger partial charge in [0.15, 0.2) is 0 Å². The van der Waals surface area contributed by atoms with Crippen molar-refractivity contribution in [2.75, 3.05) is 0 Å². The lowest BCUT2D eigenvalue weighted by Crippen LogP contribution is -2.20. The third kappa shape index (κ3) is 3.97. The van der Waals surface area contributed by atoms with Crippen molar-refractivity contribution in [2.45, 2.75) is 70.6 Å². The van der Waals surface area contributed by atoms with Gasteiger partial charge in [-0.05, 0) is 41.4 Å². The van der Waals surface area contributed by atoms with Gasteiger partial charge in [-0.2, -0.15) is 0 Å². The third-order valence-corrected chi connectivity index (χ3v) is 4.84. The van der Waals surface area contributed by atoms with Gasteiger partial charge in [-0.25, -0.2) is 0 Å². The third-order valence-electron chi connectivity index (χ3n) is 4.44. The molecule has 0 aliphatic heterocycles. The average molecular weight is 343 g/mol. The maximum Gasteiger partial charge on any atom is 0.123 e. The smallest absolute Gasteiger partial charge is 0.123 e. The van der Waals surface area contributed by atoms with Gasteiger partial charge in [-0.15, -0.1) is 12.6 Å². The van der Waals surface area contributed by atoms with Gasteiger partial charge >= 0.3 is 0 Å². The molecule has 130 valence electrons. The topological polar surface area (TPSA) is 20.2 Å². The molecule has 0 aliphatic carbocycles. The van der Waals surface area contributed by atoms with Crippen LogP contribution in [0, 0.1) is 6.92 Å². The molecule has 0 aliphatic rings. The molecule has 0 saturated heterocycles. The van der Waals surface area contributed by atoms with Crippen LogP contribution >= 0.6 is 12.6 Å². The minimum atomic E-state index is -0.150. The summed E-state index contributed by atoms with van der Waals surface area (Å²) in [6.45, 7) is 14.9. The minimum absolute atomic E-state index is 0.121. The molecule has 0 fully saturated rings. The summed E-state index contributed by atoms with van der Waals surface area (Å²) in [4.78, 5) is 0.961. The van der Waals surface area contributed by atoms with Crippen LogP contribution in [0.25, 0.3) is 0 Å². The molecule has 0 bridgehead atoms. The molecule has 1 N–H and O–H groups in total. The van der Waals surface area contributed by atoms with Crippen molar-refractivity contribution in [3.8, 4) is 5.75 Å². The van der Waals surface area contributed by atoms with Gasteiger partial charge in [0.25, 0.3) is 0 Å². The predicted molar refractivity (Wildman–Crippen MR) is 107 cm³/mol. The number of rotatable bonds is 2. The molecule has 1 nitrogen and oxygen atoms in total. The SMILES string of the molecule is Cc1ccc(Cc2c(S)cc(C(C)(C)C)c(O)c2C(C)(C)C)cc1. The van der Waals surface area contributed by atoms with E-state index in [1.807, 2.05) is 6.07 Å². The Balaban J connectivity index is 2.66. The standard InChI is InChI=1S/C22H30OS/c1-14-8-10-15(11-9-14)12-16-18(24)13-17(21(2,3)4)20(23)19(16)22(5,6)7/h8-11,13,23-24H,12H2,1-7H3. The number of benzene rings is 2. The first-order chi connectivity index (χ1) is 10.9. The summed E-state index contributed by atoms with van der Waals surface area (Å²) >= 11 is 4.79. The van der Waals surface area contributed by atoms with Gasteiger partial charge < -0.3 is 5.11 Å². The van der Waals surface area contributed by atoms with E-state index in [0.717, 1.165) is 28.0 Å². The second-order valence-corrected chi connectivity index (χ2v) is 9.29. The van der Waals surface area contributed by atoms with E-state index in [1.54, 1.807) is 0 Å². The number of aromatic hydroxyl groups is 1. The number of hydrogen-bond acceptors (Lipinski definition) is 2. The number of hydrogen-bond donors (Lipinski definition) is 2. The van der Waals surface area contributed by atoms with E-state index in [4.69, 9.17) is 12.6 Å². The van der Waals surface area contributed by atoms with E-state index < -0.39 is 0 Å². The second-order valence-electron chi connectivity index (χ2n) is 8.81. The number of thiol groups is 1. The zero-order valence-corrected chi connectivity index (χ0v) is 16.9. The fraction of sp³-hybridized carbons (Fsp3) is 0.455. The monoisotopic (exact) mass is 342 g/mol. The fourth-order valence-electron chi connectivity index (χ4n) is 3.17. The lowest BCUT2D eigenvalue weighted by Gasteiger charge is -2.30. The van der Waals surface area contributed by atoms with E-state index >= 15 is 0 Å². The Morgan fingerprint density at radius 1 is 0.917 bits per heavy atom. The zero-order chi connectivity index (χ0) is 18.3. The highest BCUT2D eigenvalue weighted by Gasteiger charge is 2.29. The summed E-state index contributed by atoms with van der Waals surface area (Å²) in [5.41, 5.74) is 5.33. The summed E-state index contributed by atoms with van der Waals surface area (Å²) in [5, 5.41) is 11.1. The molecule has 0 heterocycles. The van der Waals surface area contributed by atoms with Crippen LogP contribution in [0.5, 0.6) is 5.75 Å². The highest BCUT2D eigenvalue weighted by molar-refractivity contribution is 7.80. The Bertz CT molecular complexity index is 729. The predicted octanol–water partition coefficient (Wildman–Crippen LogP) is 6.18. The molecule has 24 heavy (non-hydrogen) atoms. The van der Waals surface area contributed by atoms with Crippen molar-refractivity contribution in [2.24, 2.45) is 0 Å². The Kier molecular flexibility index (Phi) is 5.11. The lowest BCUT2D eigenvalue weighted by molar-refractivity contribution is 0.420. The Hall–Kier alpha value is -1.41. The fourth-order valence-corrected chi connectivity index (χ4v) is 3.49. The Morgan fingerprint density at radius 3 is 1.92 bits per heavy atom. The van der Waals surface area contributed by atoms with Crippen molar-refractivity contribution < 1.29 is 5.11 Å². The zero-order valence-electron chi connectivity index (χ0n) is 16.0. The normalized spacial score (nSPS) is 12.5. The van der Waals surface area contributed by atoms with E-state index in [0.29, 0.717) is 5.75 Å². The van der Waals surface area contributed by atoms with Gasteiger partial charge in [0.1, 0.15) is 5.75 Å². The Morgan fingerprint density at radius 2 is 1.46 bits per heavy atom. The molecule has 0 saturated carbocycles. The first kappa shape index (κ1) is 18.9. The molecular weight excluding hydrogens is 312 g/mol. The van der Waals surface area contributed by atoms with Crippen molar-refractivity contribution >= 4 is 12.6 Å². The van der Waals surface area contributed by atoms with E-state index in [-0.39, 0.29) is 10.8 Å². The van der Waals surface area contributed by atoms with Crippen LogP contribution in [0.15, 0.2) is 35.2 Å². The van der Waals surface area contributed by atoms with Gasteiger partial charge in [0, 0.05) is 16.0 Å². The molecule has 0 amide bonds. The average Bonchev–Trinajstić information content (AvgIpc) is 2.42. The van der Waals surface area contributed by atoms with Crippen molar-refractivity contribution in [1.82, 2.24) is 0 Å². The molecule has 0 unspecified atom stereocenters. The number of phenolic OH excluding ortho intramolecular Hbond substituents is 1. The van der Waals surface area contributed by atoms with Crippen molar-refractivity contribution in [3.63, 3.8) is 0 Å². The molecule has 0 radical (unpaired) electrons. The first-order valence-electron chi connectivity index (χ1n) is 8.55. The largest absolute Gasteiger partial charge is 0.507 e. The molecule has 2 aromatic rings. The quantitative estimate of drug-likeness (QED) is 0.625. The summed E-state index contributed by atoms with van der Waals surface area (Å²) < 4.78 is 0. The second kappa shape index (κ2) is 6.48. The molecule has 2 aromatic carbocycles. The van der Waals surface area contributed by atoms with Crippen LogP contribution in [-0.4, -0.2) is 5.11 Å². The summed E-state index contributed by atoms with van der Waals surface area (Å²) in [6, 6.07) is 10.6. The van der Waals surface area contributed by atoms with E-state index in [1.165, 1.54) is 11.1 Å². The van der Waals surface area contributed by atoms with Crippen LogP contribution in [0.4, 0.5) is 0 Å². The van der Waals surface area contributed by atoms with Crippen molar-refractivity contribution in [1.29, 1.82) is 0 Å². The maximum absolute atomic E-state index is 11.1. The number of aryl methyl sites for hydroxylation is 1. The van der Waals surface area contributed by atoms with Crippen LogP contribution in [0.2, 0.25) is 0 Å². The van der Waals surface area contributed by atoms with Crippen molar-refractivity contribution in [3.05, 3.63) is 58.1 Å². The summed E-state index contributed by atoms with van der Waals surface area (Å²) in [5.74, 6) is 0.426. The molecular formula is C22H30OS. The van der Waals surface area contributed by atoms with E-state index in [2.05, 4.69) is 72.7 Å². The molecule has 2 rings (SSSR count).